The molecule has 1 aromatic heterocycles. The first-order valence-electron chi connectivity index (χ1n) is 11.6. The number of para-hydroxylation sites is 2. The molecule has 4 heteroatoms. The molecular weight excluding hydrogens is 382 g/mol. The molecule has 0 radical (unpaired) electrons. The summed E-state index contributed by atoms with van der Waals surface area (Å²) in [5.41, 5.74) is 4.55. The Morgan fingerprint density at radius 1 is 0.903 bits per heavy atom. The molecule has 0 spiro atoms. The molecule has 4 bridgehead atoms. The highest BCUT2D eigenvalue weighted by Crippen LogP contribution is 2.56. The van der Waals surface area contributed by atoms with Crippen LogP contribution in [0.2, 0.25) is 0 Å². The van der Waals surface area contributed by atoms with Gasteiger partial charge in [-0.15, -0.1) is 0 Å². The molecule has 0 unspecified atom stereocenters. The number of aromatic nitrogens is 2. The van der Waals surface area contributed by atoms with Gasteiger partial charge in [0.1, 0.15) is 11.5 Å². The number of rotatable bonds is 4. The molecule has 0 saturated heterocycles. The van der Waals surface area contributed by atoms with Crippen LogP contribution in [0.3, 0.4) is 0 Å². The molecule has 4 saturated carbocycles. The van der Waals surface area contributed by atoms with Gasteiger partial charge in [0.15, 0.2) is 5.82 Å². The van der Waals surface area contributed by atoms with Crippen LogP contribution in [0.5, 0.6) is 0 Å². The summed E-state index contributed by atoms with van der Waals surface area (Å²) in [5, 5.41) is 14.7. The van der Waals surface area contributed by atoms with Crippen LogP contribution >= 0.6 is 0 Å². The van der Waals surface area contributed by atoms with E-state index in [1.807, 2.05) is 55.5 Å². The molecule has 1 heterocycles. The van der Waals surface area contributed by atoms with E-state index in [1.54, 1.807) is 6.08 Å². The zero-order valence-corrected chi connectivity index (χ0v) is 18.0. The molecule has 7 rings (SSSR count). The molecular formula is C27H29N3O. The molecule has 4 nitrogen and oxygen atoms in total. The Bertz CT molecular complexity index is 1130. The average Bonchev–Trinajstić information content (AvgIpc) is 2.73. The minimum atomic E-state index is 0.133. The lowest BCUT2D eigenvalue weighted by atomic mass is 9.53. The summed E-state index contributed by atoms with van der Waals surface area (Å²) in [6, 6.07) is 15.9. The van der Waals surface area contributed by atoms with Gasteiger partial charge in [-0.2, -0.15) is 0 Å². The van der Waals surface area contributed by atoms with Crippen molar-refractivity contribution in [2.24, 2.45) is 17.8 Å². The van der Waals surface area contributed by atoms with E-state index < -0.39 is 0 Å². The summed E-state index contributed by atoms with van der Waals surface area (Å²) in [7, 11) is 0. The molecule has 31 heavy (non-hydrogen) atoms. The lowest BCUT2D eigenvalue weighted by Crippen LogP contribution is -2.55. The number of nitrogens with one attached hydrogen (secondary N) is 1. The maximum absolute atomic E-state index is 10.9. The van der Waals surface area contributed by atoms with Crippen LogP contribution in [-0.2, 0) is 0 Å². The minimum Gasteiger partial charge on any atom is -0.507 e. The number of anilines is 1. The molecule has 4 fully saturated rings. The van der Waals surface area contributed by atoms with Crippen molar-refractivity contribution in [2.45, 2.75) is 51.0 Å². The van der Waals surface area contributed by atoms with E-state index in [1.165, 1.54) is 44.1 Å². The normalized spacial score (nSPS) is 29.5. The van der Waals surface area contributed by atoms with Crippen molar-refractivity contribution < 1.29 is 5.11 Å². The standard InChI is InChI=1S/C27H29N3O/c1-17-6-8-21(9-7-17)25(31)13-24-26(29-23-5-3-2-4-22(23)28-24)30-27-14-18-10-19(15-27)12-20(11-18)16-27/h2-9,13,18-20,31H,10-12,14-16H2,1H3,(H,29,30)/b25-13-. The zero-order chi connectivity index (χ0) is 21.0. The van der Waals surface area contributed by atoms with Crippen molar-refractivity contribution in [3.05, 3.63) is 65.4 Å². The van der Waals surface area contributed by atoms with Crippen molar-refractivity contribution in [1.29, 1.82) is 0 Å². The van der Waals surface area contributed by atoms with Crippen molar-refractivity contribution in [1.82, 2.24) is 9.97 Å². The Morgan fingerprint density at radius 2 is 1.48 bits per heavy atom. The number of fused-ring (bicyclic) bond motifs is 1. The predicted molar refractivity (Wildman–Crippen MR) is 126 cm³/mol. The smallest absolute Gasteiger partial charge is 0.153 e. The maximum atomic E-state index is 10.9. The van der Waals surface area contributed by atoms with E-state index in [4.69, 9.17) is 9.97 Å². The maximum Gasteiger partial charge on any atom is 0.153 e. The highest BCUT2D eigenvalue weighted by Gasteiger charge is 2.51. The van der Waals surface area contributed by atoms with E-state index in [0.29, 0.717) is 5.69 Å². The Morgan fingerprint density at radius 3 is 2.10 bits per heavy atom. The number of aryl methyl sites for hydroxylation is 1. The van der Waals surface area contributed by atoms with E-state index >= 15 is 0 Å². The van der Waals surface area contributed by atoms with E-state index in [2.05, 4.69) is 5.32 Å². The summed E-state index contributed by atoms with van der Waals surface area (Å²) in [4.78, 5) is 9.88. The van der Waals surface area contributed by atoms with E-state index in [0.717, 1.165) is 40.2 Å². The van der Waals surface area contributed by atoms with Gasteiger partial charge >= 0.3 is 0 Å². The molecule has 0 atom stereocenters. The molecule has 158 valence electrons. The SMILES string of the molecule is Cc1ccc(/C(O)=C/c2nc3ccccc3nc2NC23CC4CC(CC(C4)C2)C3)cc1. The van der Waals surface area contributed by atoms with Crippen molar-refractivity contribution in [2.75, 3.05) is 5.32 Å². The van der Waals surface area contributed by atoms with Gasteiger partial charge in [0.05, 0.1) is 11.0 Å². The molecule has 3 aromatic rings. The number of nitrogens with zero attached hydrogens (tertiary/aromatic N) is 2. The van der Waals surface area contributed by atoms with Gasteiger partial charge in [0.25, 0.3) is 0 Å². The lowest BCUT2D eigenvalue weighted by molar-refractivity contribution is 0.0105. The van der Waals surface area contributed by atoms with Crippen LogP contribution in [0.25, 0.3) is 22.9 Å². The average molecular weight is 412 g/mol. The van der Waals surface area contributed by atoms with Gasteiger partial charge in [-0.3, -0.25) is 0 Å². The minimum absolute atomic E-state index is 0.133. The fourth-order valence-electron chi connectivity index (χ4n) is 6.66. The molecule has 0 amide bonds. The second kappa shape index (κ2) is 7.08. The Kier molecular flexibility index (Phi) is 4.31. The third-order valence-electron chi connectivity index (χ3n) is 7.64. The van der Waals surface area contributed by atoms with Gasteiger partial charge in [0.2, 0.25) is 0 Å². The summed E-state index contributed by atoms with van der Waals surface area (Å²) in [6.07, 6.45) is 9.71. The highest BCUT2D eigenvalue weighted by molar-refractivity contribution is 5.84. The monoisotopic (exact) mass is 411 g/mol. The lowest BCUT2D eigenvalue weighted by Gasteiger charge is -2.57. The summed E-state index contributed by atoms with van der Waals surface area (Å²) >= 11 is 0. The fraction of sp³-hybridized carbons (Fsp3) is 0.407. The first-order chi connectivity index (χ1) is 15.1. The number of aliphatic hydroxyl groups excluding tert-OH is 1. The van der Waals surface area contributed by atoms with Gasteiger partial charge in [-0.05, 0) is 75.3 Å². The first kappa shape index (κ1) is 18.9. The molecule has 0 aliphatic heterocycles. The van der Waals surface area contributed by atoms with Crippen LogP contribution in [0, 0.1) is 24.7 Å². The van der Waals surface area contributed by atoms with Gasteiger partial charge < -0.3 is 10.4 Å². The van der Waals surface area contributed by atoms with E-state index in [-0.39, 0.29) is 11.3 Å². The summed E-state index contributed by atoms with van der Waals surface area (Å²) in [6.45, 7) is 2.05. The van der Waals surface area contributed by atoms with Gasteiger partial charge in [-0.1, -0.05) is 42.0 Å². The van der Waals surface area contributed by atoms with Crippen LogP contribution in [0.4, 0.5) is 5.82 Å². The van der Waals surface area contributed by atoms with Crippen LogP contribution in [0.1, 0.15) is 55.3 Å². The molecule has 4 aliphatic carbocycles. The topological polar surface area (TPSA) is 58.0 Å². The predicted octanol–water partition coefficient (Wildman–Crippen LogP) is 6.38. The molecule has 4 aliphatic rings. The second-order valence-electron chi connectivity index (χ2n) is 10.2. The number of aliphatic hydroxyl groups is 1. The van der Waals surface area contributed by atoms with E-state index in [9.17, 15) is 5.11 Å². The Balaban J connectivity index is 1.41. The van der Waals surface area contributed by atoms with Crippen LogP contribution < -0.4 is 5.32 Å². The third kappa shape index (κ3) is 3.48. The number of hydrogen-bond donors (Lipinski definition) is 2. The Labute approximate surface area is 183 Å². The van der Waals surface area contributed by atoms with Crippen molar-refractivity contribution in [3.8, 4) is 0 Å². The van der Waals surface area contributed by atoms with Crippen molar-refractivity contribution >= 4 is 28.7 Å². The van der Waals surface area contributed by atoms with Gasteiger partial charge in [0, 0.05) is 17.2 Å². The van der Waals surface area contributed by atoms with Gasteiger partial charge in [-0.25, -0.2) is 9.97 Å². The first-order valence-corrected chi connectivity index (χ1v) is 11.6. The largest absolute Gasteiger partial charge is 0.507 e. The van der Waals surface area contributed by atoms with Crippen LogP contribution in [0.15, 0.2) is 48.5 Å². The summed E-state index contributed by atoms with van der Waals surface area (Å²) in [5.74, 6) is 3.59. The molecule has 2 N–H and O–H groups in total. The number of benzene rings is 2. The quantitative estimate of drug-likeness (QED) is 0.489. The molecule has 2 aromatic carbocycles. The second-order valence-corrected chi connectivity index (χ2v) is 10.2. The zero-order valence-electron chi connectivity index (χ0n) is 18.0. The highest BCUT2D eigenvalue weighted by atomic mass is 16.3. The summed E-state index contributed by atoms with van der Waals surface area (Å²) < 4.78 is 0. The Hall–Kier alpha value is -2.88. The number of hydrogen-bond acceptors (Lipinski definition) is 4. The van der Waals surface area contributed by atoms with Crippen LogP contribution in [-0.4, -0.2) is 20.6 Å². The fourth-order valence-corrected chi connectivity index (χ4v) is 6.66. The third-order valence-corrected chi connectivity index (χ3v) is 7.64. The van der Waals surface area contributed by atoms with Crippen molar-refractivity contribution in [3.63, 3.8) is 0 Å².